The third kappa shape index (κ3) is 2.52. The molecule has 138 valence electrons. The molecule has 0 unspecified atom stereocenters. The van der Waals surface area contributed by atoms with Gasteiger partial charge in [0.15, 0.2) is 11.5 Å². The van der Waals surface area contributed by atoms with E-state index in [1.165, 1.54) is 0 Å². The smallest absolute Gasteiger partial charge is 0.231 e. The van der Waals surface area contributed by atoms with Crippen molar-refractivity contribution in [3.05, 3.63) is 41.5 Å². The summed E-state index contributed by atoms with van der Waals surface area (Å²) in [7, 11) is 3.26. The van der Waals surface area contributed by atoms with E-state index in [0.717, 1.165) is 22.6 Å². The molecule has 2 heterocycles. The maximum atomic E-state index is 10.9. The van der Waals surface area contributed by atoms with Crippen molar-refractivity contribution in [1.29, 1.82) is 0 Å². The third-order valence-electron chi connectivity index (χ3n) is 5.27. The van der Waals surface area contributed by atoms with Gasteiger partial charge in [0, 0.05) is 36.0 Å². The van der Waals surface area contributed by atoms with Crippen molar-refractivity contribution in [3.8, 4) is 28.7 Å². The number of benzene rings is 2. The van der Waals surface area contributed by atoms with E-state index in [9.17, 15) is 5.11 Å². The van der Waals surface area contributed by atoms with E-state index < -0.39 is 5.79 Å². The van der Waals surface area contributed by atoms with Crippen molar-refractivity contribution in [3.63, 3.8) is 0 Å². The van der Waals surface area contributed by atoms with Crippen molar-refractivity contribution in [1.82, 2.24) is 0 Å². The molecule has 0 spiro atoms. The van der Waals surface area contributed by atoms with Gasteiger partial charge in [0.2, 0.25) is 12.6 Å². The zero-order valence-electron chi connectivity index (χ0n) is 15.2. The van der Waals surface area contributed by atoms with Crippen LogP contribution in [0.3, 0.4) is 0 Å². The fourth-order valence-electron chi connectivity index (χ4n) is 3.68. The standard InChI is InChI=1S/C20H22O6/c1-11-19(13-7-12(22-3)5-6-15(13)23-4)14-8-17-18(25-10-24-17)9-16(14)26-20(11,2)21/h5-9,11,19,21H,10H2,1-4H3/t11-,19+,20+/m1/s1. The minimum Gasteiger partial charge on any atom is -0.497 e. The summed E-state index contributed by atoms with van der Waals surface area (Å²) in [4.78, 5) is 0. The molecular formula is C20H22O6. The van der Waals surface area contributed by atoms with Crippen LogP contribution in [-0.2, 0) is 0 Å². The number of ether oxygens (including phenoxy) is 5. The van der Waals surface area contributed by atoms with E-state index in [0.29, 0.717) is 17.2 Å². The molecule has 0 amide bonds. The number of hydrogen-bond donors (Lipinski definition) is 1. The van der Waals surface area contributed by atoms with Crippen molar-refractivity contribution >= 4 is 0 Å². The van der Waals surface area contributed by atoms with Gasteiger partial charge >= 0.3 is 0 Å². The Balaban J connectivity index is 1.93. The minimum absolute atomic E-state index is 0.173. The molecule has 4 rings (SSSR count). The largest absolute Gasteiger partial charge is 0.497 e. The predicted molar refractivity (Wildman–Crippen MR) is 94.4 cm³/mol. The first-order valence-electron chi connectivity index (χ1n) is 8.51. The molecule has 0 bridgehead atoms. The first-order valence-corrected chi connectivity index (χ1v) is 8.51. The van der Waals surface area contributed by atoms with Crippen LogP contribution in [0.25, 0.3) is 0 Å². The second-order valence-electron chi connectivity index (χ2n) is 6.77. The van der Waals surface area contributed by atoms with Crippen LogP contribution in [0.2, 0.25) is 0 Å². The van der Waals surface area contributed by atoms with E-state index in [4.69, 9.17) is 23.7 Å². The molecule has 2 aliphatic heterocycles. The monoisotopic (exact) mass is 358 g/mol. The van der Waals surface area contributed by atoms with Crippen molar-refractivity contribution in [2.24, 2.45) is 5.92 Å². The molecule has 1 N–H and O–H groups in total. The summed E-state index contributed by atoms with van der Waals surface area (Å²) < 4.78 is 27.9. The van der Waals surface area contributed by atoms with E-state index >= 15 is 0 Å². The first-order chi connectivity index (χ1) is 12.4. The molecule has 0 saturated heterocycles. The molecule has 2 aliphatic rings. The molecule has 6 heteroatoms. The topological polar surface area (TPSA) is 66.4 Å². The number of aliphatic hydroxyl groups is 1. The van der Waals surface area contributed by atoms with Crippen molar-refractivity contribution in [2.45, 2.75) is 25.6 Å². The van der Waals surface area contributed by atoms with Gasteiger partial charge < -0.3 is 28.8 Å². The highest BCUT2D eigenvalue weighted by Gasteiger charge is 2.45. The van der Waals surface area contributed by atoms with E-state index in [1.807, 2.05) is 31.2 Å². The fraction of sp³-hybridized carbons (Fsp3) is 0.400. The lowest BCUT2D eigenvalue weighted by Crippen LogP contribution is -2.45. The van der Waals surface area contributed by atoms with Gasteiger partial charge in [-0.1, -0.05) is 6.92 Å². The number of rotatable bonds is 3. The van der Waals surface area contributed by atoms with Gasteiger partial charge in [-0.25, -0.2) is 0 Å². The summed E-state index contributed by atoms with van der Waals surface area (Å²) in [5.41, 5.74) is 1.84. The maximum absolute atomic E-state index is 10.9. The molecule has 6 nitrogen and oxygen atoms in total. The van der Waals surface area contributed by atoms with E-state index in [1.54, 1.807) is 27.2 Å². The predicted octanol–water partition coefficient (Wildman–Crippen LogP) is 3.30. The first kappa shape index (κ1) is 16.8. The van der Waals surface area contributed by atoms with Gasteiger partial charge in [0.1, 0.15) is 17.2 Å². The number of hydrogen-bond acceptors (Lipinski definition) is 6. The summed E-state index contributed by atoms with van der Waals surface area (Å²) in [6.45, 7) is 3.80. The SMILES string of the molecule is COc1ccc(OC)c([C@H]2c3cc4c(cc3O[C@](C)(O)[C@@H]2C)OCO4)c1. The van der Waals surface area contributed by atoms with Crippen LogP contribution in [0, 0.1) is 5.92 Å². The van der Waals surface area contributed by atoms with Gasteiger partial charge in [0.25, 0.3) is 0 Å². The molecule has 26 heavy (non-hydrogen) atoms. The molecule has 0 aromatic heterocycles. The van der Waals surface area contributed by atoms with Crippen LogP contribution >= 0.6 is 0 Å². The van der Waals surface area contributed by atoms with Gasteiger partial charge in [-0.2, -0.15) is 0 Å². The zero-order valence-corrected chi connectivity index (χ0v) is 15.2. The minimum atomic E-state index is -1.35. The lowest BCUT2D eigenvalue weighted by atomic mass is 9.75. The molecule has 2 aromatic rings. The fourth-order valence-corrected chi connectivity index (χ4v) is 3.68. The van der Waals surface area contributed by atoms with Crippen LogP contribution in [0.5, 0.6) is 28.7 Å². The number of methoxy groups -OCH3 is 2. The highest BCUT2D eigenvalue weighted by Crippen LogP contribution is 2.53. The summed E-state index contributed by atoms with van der Waals surface area (Å²) in [5, 5.41) is 10.9. The Morgan fingerprint density at radius 2 is 1.73 bits per heavy atom. The molecule has 0 radical (unpaired) electrons. The second-order valence-corrected chi connectivity index (χ2v) is 6.77. The molecule has 0 fully saturated rings. The lowest BCUT2D eigenvalue weighted by Gasteiger charge is -2.42. The van der Waals surface area contributed by atoms with Crippen LogP contribution < -0.4 is 23.7 Å². The molecule has 0 aliphatic carbocycles. The number of fused-ring (bicyclic) bond motifs is 2. The zero-order chi connectivity index (χ0) is 18.5. The maximum Gasteiger partial charge on any atom is 0.231 e. The summed E-state index contributed by atoms with van der Waals surface area (Å²) in [5.74, 6) is 1.56. The lowest BCUT2D eigenvalue weighted by molar-refractivity contribution is -0.171. The van der Waals surface area contributed by atoms with Crippen molar-refractivity contribution in [2.75, 3.05) is 21.0 Å². The highest BCUT2D eigenvalue weighted by atomic mass is 16.7. The second kappa shape index (κ2) is 5.99. The van der Waals surface area contributed by atoms with Gasteiger partial charge in [0.05, 0.1) is 14.2 Å². The van der Waals surface area contributed by atoms with Gasteiger partial charge in [-0.3, -0.25) is 0 Å². The van der Waals surface area contributed by atoms with Gasteiger partial charge in [-0.15, -0.1) is 0 Å². The normalized spacial score (nSPS) is 26.0. The third-order valence-corrected chi connectivity index (χ3v) is 5.27. The Morgan fingerprint density at radius 3 is 2.42 bits per heavy atom. The Morgan fingerprint density at radius 1 is 1.00 bits per heavy atom. The summed E-state index contributed by atoms with van der Waals surface area (Å²) in [6, 6.07) is 9.36. The molecule has 3 atom stereocenters. The molecule has 2 aromatic carbocycles. The average Bonchev–Trinajstić information content (AvgIpc) is 3.08. The van der Waals surface area contributed by atoms with Gasteiger partial charge in [-0.05, 0) is 24.3 Å². The Labute approximate surface area is 152 Å². The van der Waals surface area contributed by atoms with Crippen LogP contribution in [-0.4, -0.2) is 31.9 Å². The van der Waals surface area contributed by atoms with E-state index in [2.05, 4.69) is 0 Å². The van der Waals surface area contributed by atoms with E-state index in [-0.39, 0.29) is 18.6 Å². The highest BCUT2D eigenvalue weighted by molar-refractivity contribution is 5.58. The Kier molecular flexibility index (Phi) is 3.88. The molecular weight excluding hydrogens is 336 g/mol. The van der Waals surface area contributed by atoms with Crippen LogP contribution in [0.15, 0.2) is 30.3 Å². The quantitative estimate of drug-likeness (QED) is 0.908. The van der Waals surface area contributed by atoms with Crippen molar-refractivity contribution < 1.29 is 28.8 Å². The average molecular weight is 358 g/mol. The summed E-state index contributed by atoms with van der Waals surface area (Å²) in [6.07, 6.45) is 0. The van der Waals surface area contributed by atoms with Crippen LogP contribution in [0.1, 0.15) is 30.9 Å². The molecule has 0 saturated carbocycles. The summed E-state index contributed by atoms with van der Waals surface area (Å²) >= 11 is 0. The van der Waals surface area contributed by atoms with Crippen LogP contribution in [0.4, 0.5) is 0 Å². The Bertz CT molecular complexity index is 844. The Hall–Kier alpha value is -2.60.